The van der Waals surface area contributed by atoms with Gasteiger partial charge in [0.1, 0.15) is 6.04 Å². The fourth-order valence-electron chi connectivity index (χ4n) is 4.11. The number of ether oxygens (including phenoxy) is 2. The maximum Gasteiger partial charge on any atom is 0.239 e. The van der Waals surface area contributed by atoms with Gasteiger partial charge in [0.05, 0.1) is 12.7 Å². The van der Waals surface area contributed by atoms with Crippen LogP contribution in [0.5, 0.6) is 0 Å². The maximum atomic E-state index is 12.6. The lowest BCUT2D eigenvalue weighted by atomic mass is 9.86. The van der Waals surface area contributed by atoms with Gasteiger partial charge in [-0.2, -0.15) is 0 Å². The molecule has 0 aromatic carbocycles. The minimum absolute atomic E-state index is 0.0654. The summed E-state index contributed by atoms with van der Waals surface area (Å²) in [6, 6.07) is -0.234. The SMILES string of the molecule is C[C@H]1OCCN[C@@H]1C(=O)NCC1(N2CCCCC2)CCOCC1. The zero-order chi connectivity index (χ0) is 16.1. The molecule has 3 fully saturated rings. The van der Waals surface area contributed by atoms with Crippen LogP contribution in [0.3, 0.4) is 0 Å². The van der Waals surface area contributed by atoms with E-state index in [0.717, 1.165) is 52.2 Å². The smallest absolute Gasteiger partial charge is 0.239 e. The monoisotopic (exact) mass is 325 g/mol. The van der Waals surface area contributed by atoms with Crippen LogP contribution in [-0.4, -0.2) is 74.5 Å². The van der Waals surface area contributed by atoms with E-state index in [4.69, 9.17) is 9.47 Å². The maximum absolute atomic E-state index is 12.6. The molecule has 2 atom stereocenters. The van der Waals surface area contributed by atoms with Gasteiger partial charge in [-0.1, -0.05) is 6.42 Å². The second kappa shape index (κ2) is 7.92. The Morgan fingerprint density at radius 2 is 1.96 bits per heavy atom. The molecule has 2 N–H and O–H groups in total. The summed E-state index contributed by atoms with van der Waals surface area (Å²) in [6.45, 7) is 8.01. The van der Waals surface area contributed by atoms with E-state index >= 15 is 0 Å². The lowest BCUT2D eigenvalue weighted by molar-refractivity contribution is -0.130. The first kappa shape index (κ1) is 17.1. The largest absolute Gasteiger partial charge is 0.381 e. The molecule has 3 heterocycles. The van der Waals surface area contributed by atoms with Gasteiger partial charge in [-0.05, 0) is 45.7 Å². The van der Waals surface area contributed by atoms with Gasteiger partial charge in [-0.15, -0.1) is 0 Å². The number of nitrogens with zero attached hydrogens (tertiary/aromatic N) is 1. The minimum Gasteiger partial charge on any atom is -0.381 e. The molecule has 0 aromatic heterocycles. The Kier molecular flexibility index (Phi) is 5.91. The second-order valence-corrected chi connectivity index (χ2v) is 7.11. The zero-order valence-electron chi connectivity index (χ0n) is 14.3. The van der Waals surface area contributed by atoms with E-state index in [-0.39, 0.29) is 23.6 Å². The van der Waals surface area contributed by atoms with Crippen LogP contribution < -0.4 is 10.6 Å². The van der Waals surface area contributed by atoms with E-state index in [2.05, 4.69) is 15.5 Å². The summed E-state index contributed by atoms with van der Waals surface area (Å²) in [5, 5.41) is 6.49. The van der Waals surface area contributed by atoms with Crippen LogP contribution in [0.15, 0.2) is 0 Å². The third kappa shape index (κ3) is 4.05. The highest BCUT2D eigenvalue weighted by atomic mass is 16.5. The summed E-state index contributed by atoms with van der Waals surface area (Å²) in [6.07, 6.45) is 5.83. The molecule has 132 valence electrons. The lowest BCUT2D eigenvalue weighted by Crippen LogP contribution is -2.62. The van der Waals surface area contributed by atoms with Gasteiger partial charge in [0.15, 0.2) is 0 Å². The summed E-state index contributed by atoms with van der Waals surface area (Å²) in [5.74, 6) is 0.0695. The van der Waals surface area contributed by atoms with Gasteiger partial charge in [-0.3, -0.25) is 9.69 Å². The fourth-order valence-corrected chi connectivity index (χ4v) is 4.11. The number of hydrogen-bond acceptors (Lipinski definition) is 5. The quantitative estimate of drug-likeness (QED) is 0.789. The molecule has 0 spiro atoms. The van der Waals surface area contributed by atoms with Gasteiger partial charge in [0.25, 0.3) is 0 Å². The van der Waals surface area contributed by atoms with Crippen molar-refractivity contribution in [3.8, 4) is 0 Å². The molecular formula is C17H31N3O3. The van der Waals surface area contributed by atoms with E-state index in [1.165, 1.54) is 19.3 Å². The molecule has 0 saturated carbocycles. The fraction of sp³-hybridized carbons (Fsp3) is 0.941. The molecule has 3 aliphatic heterocycles. The van der Waals surface area contributed by atoms with Crippen LogP contribution in [-0.2, 0) is 14.3 Å². The van der Waals surface area contributed by atoms with Crippen molar-refractivity contribution in [2.45, 2.75) is 56.7 Å². The number of amides is 1. The van der Waals surface area contributed by atoms with Crippen LogP contribution >= 0.6 is 0 Å². The third-order valence-electron chi connectivity index (χ3n) is 5.64. The molecule has 0 aliphatic carbocycles. The number of hydrogen-bond donors (Lipinski definition) is 2. The minimum atomic E-state index is -0.234. The average molecular weight is 325 g/mol. The number of morpholine rings is 1. The first-order chi connectivity index (χ1) is 11.2. The Morgan fingerprint density at radius 3 is 2.65 bits per heavy atom. The van der Waals surface area contributed by atoms with Crippen molar-refractivity contribution < 1.29 is 14.3 Å². The van der Waals surface area contributed by atoms with E-state index in [1.807, 2.05) is 6.92 Å². The highest BCUT2D eigenvalue weighted by Crippen LogP contribution is 2.30. The number of piperidine rings is 1. The highest BCUT2D eigenvalue weighted by Gasteiger charge is 2.40. The van der Waals surface area contributed by atoms with E-state index in [0.29, 0.717) is 6.61 Å². The molecule has 0 radical (unpaired) electrons. The Labute approximate surface area is 139 Å². The number of rotatable bonds is 4. The molecule has 6 heteroatoms. The third-order valence-corrected chi connectivity index (χ3v) is 5.64. The van der Waals surface area contributed by atoms with Crippen LogP contribution in [0.2, 0.25) is 0 Å². The molecule has 0 bridgehead atoms. The standard InChI is InChI=1S/C17H31N3O3/c1-14-15(18-7-12-23-14)16(21)19-13-17(5-10-22-11-6-17)20-8-3-2-4-9-20/h14-15,18H,2-13H2,1H3,(H,19,21)/t14-,15+/m1/s1. The topological polar surface area (TPSA) is 62.8 Å². The first-order valence-electron chi connectivity index (χ1n) is 9.17. The van der Waals surface area contributed by atoms with Crippen molar-refractivity contribution in [3.05, 3.63) is 0 Å². The summed E-state index contributed by atoms with van der Waals surface area (Å²) in [7, 11) is 0. The van der Waals surface area contributed by atoms with E-state index in [1.54, 1.807) is 0 Å². The van der Waals surface area contributed by atoms with Crippen LogP contribution in [0.1, 0.15) is 39.0 Å². The second-order valence-electron chi connectivity index (χ2n) is 7.11. The van der Waals surface area contributed by atoms with Crippen molar-refractivity contribution in [1.29, 1.82) is 0 Å². The normalized spacial score (nSPS) is 32.4. The molecule has 6 nitrogen and oxygen atoms in total. The number of carbonyl (C=O) groups excluding carboxylic acids is 1. The summed E-state index contributed by atoms with van der Waals surface area (Å²) >= 11 is 0. The summed E-state index contributed by atoms with van der Waals surface area (Å²) < 4.78 is 11.2. The number of likely N-dealkylation sites (tertiary alicyclic amines) is 1. The molecule has 23 heavy (non-hydrogen) atoms. The zero-order valence-corrected chi connectivity index (χ0v) is 14.3. The lowest BCUT2D eigenvalue weighted by Gasteiger charge is -2.48. The van der Waals surface area contributed by atoms with Gasteiger partial charge in [0.2, 0.25) is 5.91 Å². The predicted octanol–water partition coefficient (Wildman–Crippen LogP) is 0.515. The Hall–Kier alpha value is -0.690. The van der Waals surface area contributed by atoms with Crippen molar-refractivity contribution in [2.24, 2.45) is 0 Å². The molecule has 3 aliphatic rings. The van der Waals surface area contributed by atoms with Gasteiger partial charge < -0.3 is 20.1 Å². The van der Waals surface area contributed by atoms with Gasteiger partial charge in [-0.25, -0.2) is 0 Å². The average Bonchev–Trinajstić information content (AvgIpc) is 2.62. The predicted molar refractivity (Wildman–Crippen MR) is 88.4 cm³/mol. The molecule has 1 amide bonds. The van der Waals surface area contributed by atoms with Crippen LogP contribution in [0.25, 0.3) is 0 Å². The molecule has 0 unspecified atom stereocenters. The van der Waals surface area contributed by atoms with E-state index in [9.17, 15) is 4.79 Å². The van der Waals surface area contributed by atoms with Crippen molar-refractivity contribution in [3.63, 3.8) is 0 Å². The molecular weight excluding hydrogens is 294 g/mol. The van der Waals surface area contributed by atoms with Crippen molar-refractivity contribution in [2.75, 3.05) is 46.0 Å². The molecule has 3 saturated heterocycles. The Morgan fingerprint density at radius 1 is 1.22 bits per heavy atom. The summed E-state index contributed by atoms with van der Waals surface area (Å²) in [4.78, 5) is 15.2. The van der Waals surface area contributed by atoms with Crippen molar-refractivity contribution in [1.82, 2.24) is 15.5 Å². The Balaban J connectivity index is 1.60. The number of nitrogens with one attached hydrogen (secondary N) is 2. The highest BCUT2D eigenvalue weighted by molar-refractivity contribution is 5.82. The molecule has 0 aromatic rings. The summed E-state index contributed by atoms with van der Waals surface area (Å²) in [5.41, 5.74) is 0.0765. The van der Waals surface area contributed by atoms with Gasteiger partial charge >= 0.3 is 0 Å². The van der Waals surface area contributed by atoms with Crippen LogP contribution in [0, 0.1) is 0 Å². The number of carbonyl (C=O) groups is 1. The first-order valence-corrected chi connectivity index (χ1v) is 9.17. The Bertz CT molecular complexity index is 393. The van der Waals surface area contributed by atoms with E-state index < -0.39 is 0 Å². The van der Waals surface area contributed by atoms with Crippen LogP contribution in [0.4, 0.5) is 0 Å². The van der Waals surface area contributed by atoms with Crippen molar-refractivity contribution >= 4 is 5.91 Å². The van der Waals surface area contributed by atoms with Gasteiger partial charge in [0, 0.05) is 31.8 Å². The molecule has 3 rings (SSSR count).